The molecule has 22 heavy (non-hydrogen) atoms. The van der Waals surface area contributed by atoms with Crippen LogP contribution in [-0.4, -0.2) is 29.5 Å². The van der Waals surface area contributed by atoms with Gasteiger partial charge < -0.3 is 10.1 Å². The number of hydrogen-bond acceptors (Lipinski definition) is 4. The molecule has 0 aliphatic carbocycles. The van der Waals surface area contributed by atoms with Crippen molar-refractivity contribution < 1.29 is 27.5 Å². The Kier molecular flexibility index (Phi) is 5.51. The van der Waals surface area contributed by atoms with Crippen LogP contribution in [0.2, 0.25) is 0 Å². The molecule has 0 atom stereocenters. The van der Waals surface area contributed by atoms with Gasteiger partial charge in [0.1, 0.15) is 11.3 Å². The Labute approximate surface area is 125 Å². The SMILES string of the molecule is CC(C)(C)OC(=O)NCCc1cc(C(F)(F)F)cc(C=O)n1. The largest absolute Gasteiger partial charge is 0.444 e. The molecule has 1 aromatic heterocycles. The van der Waals surface area contributed by atoms with Crippen LogP contribution in [0.15, 0.2) is 12.1 Å². The van der Waals surface area contributed by atoms with Crippen LogP contribution in [0.5, 0.6) is 0 Å². The molecule has 122 valence electrons. The third-order valence-corrected chi connectivity index (χ3v) is 2.40. The van der Waals surface area contributed by atoms with Gasteiger partial charge in [0, 0.05) is 18.7 Å². The third kappa shape index (κ3) is 6.11. The van der Waals surface area contributed by atoms with Gasteiger partial charge in [-0.25, -0.2) is 9.78 Å². The summed E-state index contributed by atoms with van der Waals surface area (Å²) in [7, 11) is 0. The molecule has 1 heterocycles. The number of pyridine rings is 1. The van der Waals surface area contributed by atoms with E-state index in [9.17, 15) is 22.8 Å². The number of carbonyl (C=O) groups is 2. The molecule has 0 bridgehead atoms. The lowest BCUT2D eigenvalue weighted by atomic mass is 10.1. The lowest BCUT2D eigenvalue weighted by molar-refractivity contribution is -0.137. The number of amides is 1. The number of aromatic nitrogens is 1. The van der Waals surface area contributed by atoms with Crippen molar-refractivity contribution in [2.75, 3.05) is 6.54 Å². The van der Waals surface area contributed by atoms with Crippen molar-refractivity contribution in [3.63, 3.8) is 0 Å². The zero-order chi connectivity index (χ0) is 17.0. The first-order valence-corrected chi connectivity index (χ1v) is 6.51. The summed E-state index contributed by atoms with van der Waals surface area (Å²) in [6, 6.07) is 1.53. The minimum Gasteiger partial charge on any atom is -0.444 e. The van der Waals surface area contributed by atoms with E-state index in [1.165, 1.54) is 0 Å². The van der Waals surface area contributed by atoms with E-state index in [4.69, 9.17) is 4.74 Å². The number of rotatable bonds is 4. The smallest absolute Gasteiger partial charge is 0.416 e. The van der Waals surface area contributed by atoms with Crippen LogP contribution in [0, 0.1) is 0 Å². The molecule has 0 saturated carbocycles. The molecule has 0 saturated heterocycles. The van der Waals surface area contributed by atoms with Gasteiger partial charge in [0.05, 0.1) is 5.56 Å². The van der Waals surface area contributed by atoms with Crippen LogP contribution >= 0.6 is 0 Å². The number of alkyl halides is 3. The van der Waals surface area contributed by atoms with Crippen LogP contribution in [-0.2, 0) is 17.3 Å². The number of aldehydes is 1. The Morgan fingerprint density at radius 1 is 1.32 bits per heavy atom. The van der Waals surface area contributed by atoms with Gasteiger partial charge in [-0.15, -0.1) is 0 Å². The maximum Gasteiger partial charge on any atom is 0.416 e. The van der Waals surface area contributed by atoms with Crippen molar-refractivity contribution in [1.29, 1.82) is 0 Å². The van der Waals surface area contributed by atoms with Gasteiger partial charge in [0.2, 0.25) is 0 Å². The topological polar surface area (TPSA) is 68.3 Å². The highest BCUT2D eigenvalue weighted by Crippen LogP contribution is 2.29. The molecular formula is C14H17F3N2O3. The molecule has 8 heteroatoms. The number of carbonyl (C=O) groups excluding carboxylic acids is 2. The second-order valence-corrected chi connectivity index (χ2v) is 5.57. The Morgan fingerprint density at radius 2 is 1.95 bits per heavy atom. The monoisotopic (exact) mass is 318 g/mol. The zero-order valence-electron chi connectivity index (χ0n) is 12.5. The Morgan fingerprint density at radius 3 is 2.45 bits per heavy atom. The molecule has 0 fully saturated rings. The highest BCUT2D eigenvalue weighted by molar-refractivity contribution is 5.72. The molecule has 1 amide bonds. The molecule has 0 unspecified atom stereocenters. The second kappa shape index (κ2) is 6.76. The van der Waals surface area contributed by atoms with E-state index in [-0.39, 0.29) is 30.6 Å². The fourth-order valence-corrected chi connectivity index (χ4v) is 1.57. The average molecular weight is 318 g/mol. The third-order valence-electron chi connectivity index (χ3n) is 2.40. The summed E-state index contributed by atoms with van der Waals surface area (Å²) in [4.78, 5) is 25.8. The van der Waals surface area contributed by atoms with Gasteiger partial charge in [-0.1, -0.05) is 0 Å². The number of halogens is 3. The fraction of sp³-hybridized carbons (Fsp3) is 0.500. The molecule has 0 radical (unpaired) electrons. The molecule has 0 spiro atoms. The lowest BCUT2D eigenvalue weighted by Gasteiger charge is -2.19. The number of hydrogen-bond donors (Lipinski definition) is 1. The summed E-state index contributed by atoms with van der Waals surface area (Å²) >= 11 is 0. The molecular weight excluding hydrogens is 301 g/mol. The molecule has 1 aromatic rings. The van der Waals surface area contributed by atoms with Crippen LogP contribution in [0.25, 0.3) is 0 Å². The van der Waals surface area contributed by atoms with Crippen LogP contribution in [0.1, 0.15) is 42.5 Å². The normalized spacial score (nSPS) is 11.9. The highest BCUT2D eigenvalue weighted by atomic mass is 19.4. The van der Waals surface area contributed by atoms with E-state index < -0.39 is 23.4 Å². The quantitative estimate of drug-likeness (QED) is 0.867. The Bertz CT molecular complexity index is 551. The van der Waals surface area contributed by atoms with E-state index in [1.807, 2.05) is 0 Å². The van der Waals surface area contributed by atoms with Gasteiger partial charge in [0.25, 0.3) is 0 Å². The first-order chi connectivity index (χ1) is 10.0. The summed E-state index contributed by atoms with van der Waals surface area (Å²) in [6.45, 7) is 5.12. The van der Waals surface area contributed by atoms with E-state index in [1.54, 1.807) is 20.8 Å². The van der Waals surface area contributed by atoms with Gasteiger partial charge >= 0.3 is 12.3 Å². The summed E-state index contributed by atoms with van der Waals surface area (Å²) in [6.07, 6.45) is -4.94. The van der Waals surface area contributed by atoms with Crippen molar-refractivity contribution in [2.45, 2.75) is 39.0 Å². The maximum absolute atomic E-state index is 12.7. The Balaban J connectivity index is 2.70. The maximum atomic E-state index is 12.7. The minimum absolute atomic E-state index is 0.0432. The fourth-order valence-electron chi connectivity index (χ4n) is 1.57. The lowest BCUT2D eigenvalue weighted by Crippen LogP contribution is -2.33. The summed E-state index contributed by atoms with van der Waals surface area (Å²) in [5, 5.41) is 2.41. The number of nitrogens with zero attached hydrogens (tertiary/aromatic N) is 1. The number of nitrogens with one attached hydrogen (secondary N) is 1. The van der Waals surface area contributed by atoms with Gasteiger partial charge in [0.15, 0.2) is 6.29 Å². The van der Waals surface area contributed by atoms with Crippen molar-refractivity contribution >= 4 is 12.4 Å². The van der Waals surface area contributed by atoms with Crippen LogP contribution < -0.4 is 5.32 Å². The predicted octanol–water partition coefficient (Wildman–Crippen LogP) is 2.98. The minimum atomic E-state index is -4.56. The summed E-state index contributed by atoms with van der Waals surface area (Å²) in [5.74, 6) is 0. The van der Waals surface area contributed by atoms with Gasteiger partial charge in [-0.3, -0.25) is 4.79 Å². The number of ether oxygens (including phenoxy) is 1. The average Bonchev–Trinajstić information content (AvgIpc) is 2.35. The van der Waals surface area contributed by atoms with Gasteiger partial charge in [-0.05, 0) is 32.9 Å². The van der Waals surface area contributed by atoms with E-state index in [0.29, 0.717) is 6.07 Å². The second-order valence-electron chi connectivity index (χ2n) is 5.57. The van der Waals surface area contributed by atoms with Crippen molar-refractivity contribution in [3.8, 4) is 0 Å². The molecule has 0 aliphatic rings. The summed E-state index contributed by atoms with van der Waals surface area (Å²) in [5.41, 5.74) is -1.85. The van der Waals surface area contributed by atoms with E-state index in [0.717, 1.165) is 6.07 Å². The molecule has 0 aliphatic heterocycles. The summed E-state index contributed by atoms with van der Waals surface area (Å²) < 4.78 is 43.1. The molecule has 5 nitrogen and oxygen atoms in total. The van der Waals surface area contributed by atoms with Gasteiger partial charge in [-0.2, -0.15) is 13.2 Å². The molecule has 1 rings (SSSR count). The first kappa shape index (κ1) is 17.9. The van der Waals surface area contributed by atoms with Crippen LogP contribution in [0.4, 0.5) is 18.0 Å². The highest BCUT2D eigenvalue weighted by Gasteiger charge is 2.31. The zero-order valence-corrected chi connectivity index (χ0v) is 12.5. The molecule has 0 aromatic carbocycles. The van der Waals surface area contributed by atoms with Crippen molar-refractivity contribution in [2.24, 2.45) is 0 Å². The van der Waals surface area contributed by atoms with E-state index in [2.05, 4.69) is 10.3 Å². The Hall–Kier alpha value is -2.12. The van der Waals surface area contributed by atoms with Crippen molar-refractivity contribution in [3.05, 3.63) is 29.1 Å². The first-order valence-electron chi connectivity index (χ1n) is 6.51. The predicted molar refractivity (Wildman–Crippen MR) is 72.6 cm³/mol. The number of alkyl carbamates (subject to hydrolysis) is 1. The standard InChI is InChI=1S/C14H17F3N2O3/c1-13(2,3)22-12(21)18-5-4-10-6-9(14(15,16)17)7-11(8-20)19-10/h6-8H,4-5H2,1-3H3,(H,18,21). The van der Waals surface area contributed by atoms with E-state index >= 15 is 0 Å². The molecule has 1 N–H and O–H groups in total. The van der Waals surface area contributed by atoms with Crippen LogP contribution in [0.3, 0.4) is 0 Å². The van der Waals surface area contributed by atoms with Crippen molar-refractivity contribution in [1.82, 2.24) is 10.3 Å².